The zero-order valence-corrected chi connectivity index (χ0v) is 11.5. The Labute approximate surface area is 108 Å². The van der Waals surface area contributed by atoms with Gasteiger partial charge in [0, 0.05) is 25.4 Å². The topological polar surface area (TPSA) is 81.4 Å². The van der Waals surface area contributed by atoms with E-state index in [1.54, 1.807) is 31.4 Å². The Kier molecular flexibility index (Phi) is 5.58. The first-order valence-corrected chi connectivity index (χ1v) is 7.41. The lowest BCUT2D eigenvalue weighted by atomic mass is 10.2. The molecule has 0 bridgehead atoms. The van der Waals surface area contributed by atoms with Crippen LogP contribution in [0.1, 0.15) is 18.9 Å². The van der Waals surface area contributed by atoms with Crippen LogP contribution >= 0.6 is 0 Å². The molecule has 0 heterocycles. The third-order valence-electron chi connectivity index (χ3n) is 2.47. The number of nitrogens with two attached hydrogens (primary N) is 1. The summed E-state index contributed by atoms with van der Waals surface area (Å²) in [5, 5.41) is 0. The maximum Gasteiger partial charge on any atom is 0.216 e. The van der Waals surface area contributed by atoms with Crippen molar-refractivity contribution in [1.29, 1.82) is 0 Å². The molecule has 0 radical (unpaired) electrons. The largest absolute Gasteiger partial charge is 0.399 e. The minimum Gasteiger partial charge on any atom is -0.399 e. The lowest BCUT2D eigenvalue weighted by Crippen LogP contribution is -2.34. The quantitative estimate of drug-likeness (QED) is 0.729. The van der Waals surface area contributed by atoms with Crippen LogP contribution in [-0.4, -0.2) is 28.2 Å². The Morgan fingerprint density at radius 1 is 1.33 bits per heavy atom. The van der Waals surface area contributed by atoms with Crippen molar-refractivity contribution in [2.45, 2.75) is 25.1 Å². The fourth-order valence-electron chi connectivity index (χ4n) is 1.54. The Bertz CT molecular complexity index is 457. The molecule has 1 unspecified atom stereocenters. The number of nitrogens with one attached hydrogen (secondary N) is 1. The summed E-state index contributed by atoms with van der Waals surface area (Å²) in [4.78, 5) is 0. The van der Waals surface area contributed by atoms with Crippen molar-refractivity contribution in [1.82, 2.24) is 4.72 Å². The molecule has 1 atom stereocenters. The van der Waals surface area contributed by atoms with Gasteiger partial charge in [0.1, 0.15) is 0 Å². The second-order valence-corrected chi connectivity index (χ2v) is 6.05. The van der Waals surface area contributed by atoms with Crippen molar-refractivity contribution in [3.63, 3.8) is 0 Å². The van der Waals surface area contributed by atoms with Gasteiger partial charge in [-0.15, -0.1) is 0 Å². The highest BCUT2D eigenvalue weighted by molar-refractivity contribution is 7.88. The Hall–Kier alpha value is -1.11. The fourth-order valence-corrected chi connectivity index (χ4v) is 2.98. The van der Waals surface area contributed by atoms with Gasteiger partial charge in [0.15, 0.2) is 0 Å². The first kappa shape index (κ1) is 14.9. The van der Waals surface area contributed by atoms with Gasteiger partial charge in [-0.05, 0) is 31.0 Å². The third-order valence-corrected chi connectivity index (χ3v) is 3.95. The summed E-state index contributed by atoms with van der Waals surface area (Å²) in [6, 6.07) is 6.69. The number of hydrogen-bond acceptors (Lipinski definition) is 4. The van der Waals surface area contributed by atoms with Crippen LogP contribution in [0.3, 0.4) is 0 Å². The molecule has 18 heavy (non-hydrogen) atoms. The molecule has 1 aromatic carbocycles. The molecule has 0 saturated heterocycles. The minimum absolute atomic E-state index is 0.0371. The summed E-state index contributed by atoms with van der Waals surface area (Å²) in [6.45, 7) is 2.35. The lowest BCUT2D eigenvalue weighted by Gasteiger charge is -2.13. The van der Waals surface area contributed by atoms with Crippen LogP contribution in [0.2, 0.25) is 0 Å². The van der Waals surface area contributed by atoms with Gasteiger partial charge in [0.2, 0.25) is 10.0 Å². The van der Waals surface area contributed by atoms with Gasteiger partial charge >= 0.3 is 0 Å². The van der Waals surface area contributed by atoms with Crippen LogP contribution in [0.15, 0.2) is 24.3 Å². The van der Waals surface area contributed by atoms with E-state index < -0.39 is 10.0 Å². The summed E-state index contributed by atoms with van der Waals surface area (Å²) in [5.41, 5.74) is 6.89. The highest BCUT2D eigenvalue weighted by Crippen LogP contribution is 2.09. The van der Waals surface area contributed by atoms with Crippen LogP contribution in [0.25, 0.3) is 0 Å². The molecule has 1 rings (SSSR count). The molecule has 0 fully saturated rings. The molecule has 3 N–H and O–H groups in total. The highest BCUT2D eigenvalue weighted by Gasteiger charge is 2.14. The summed E-state index contributed by atoms with van der Waals surface area (Å²) in [7, 11) is -1.73. The second-order valence-electron chi connectivity index (χ2n) is 4.30. The van der Waals surface area contributed by atoms with Crippen LogP contribution in [0, 0.1) is 0 Å². The number of nitrogen functional groups attached to an aromatic ring is 1. The fraction of sp³-hybridized carbons (Fsp3) is 0.500. The molecule has 0 aliphatic heterocycles. The molecule has 0 saturated carbocycles. The van der Waals surface area contributed by atoms with E-state index in [0.29, 0.717) is 18.7 Å². The lowest BCUT2D eigenvalue weighted by molar-refractivity contribution is 0.188. The Morgan fingerprint density at radius 2 is 1.94 bits per heavy atom. The number of rotatable bonds is 7. The molecule has 1 aromatic rings. The SMILES string of the molecule is COCCC(C)NS(=O)(=O)Cc1ccc(N)cc1. The van der Waals surface area contributed by atoms with Crippen LogP contribution < -0.4 is 10.5 Å². The molecule has 5 nitrogen and oxygen atoms in total. The Balaban J connectivity index is 2.56. The van der Waals surface area contributed by atoms with Gasteiger partial charge in [-0.3, -0.25) is 0 Å². The molecule has 0 aliphatic carbocycles. The van der Waals surface area contributed by atoms with E-state index in [1.165, 1.54) is 0 Å². The van der Waals surface area contributed by atoms with Crippen LogP contribution in [0.4, 0.5) is 5.69 Å². The maximum absolute atomic E-state index is 11.9. The summed E-state index contributed by atoms with van der Waals surface area (Å²) in [6.07, 6.45) is 0.650. The predicted molar refractivity (Wildman–Crippen MR) is 72.6 cm³/mol. The zero-order valence-electron chi connectivity index (χ0n) is 10.7. The average molecular weight is 272 g/mol. The molecule has 0 amide bonds. The second kappa shape index (κ2) is 6.72. The van der Waals surface area contributed by atoms with Crippen molar-refractivity contribution >= 4 is 15.7 Å². The first-order valence-electron chi connectivity index (χ1n) is 5.76. The van der Waals surface area contributed by atoms with Gasteiger partial charge in [0.05, 0.1) is 5.75 Å². The standard InChI is InChI=1S/C12H20N2O3S/c1-10(7-8-17-2)14-18(15,16)9-11-3-5-12(13)6-4-11/h3-6,10,14H,7-9,13H2,1-2H3. The number of sulfonamides is 1. The van der Waals surface area contributed by atoms with Crippen molar-refractivity contribution in [2.75, 3.05) is 19.5 Å². The molecule has 0 spiro atoms. The van der Waals surface area contributed by atoms with Crippen LogP contribution in [-0.2, 0) is 20.5 Å². The van der Waals surface area contributed by atoms with Crippen molar-refractivity contribution in [3.05, 3.63) is 29.8 Å². The van der Waals surface area contributed by atoms with Gasteiger partial charge in [-0.25, -0.2) is 13.1 Å². The molecule has 0 aliphatic rings. The van der Waals surface area contributed by atoms with E-state index in [0.717, 1.165) is 5.56 Å². The van der Waals surface area contributed by atoms with E-state index in [1.807, 2.05) is 6.92 Å². The van der Waals surface area contributed by atoms with Gasteiger partial charge in [0.25, 0.3) is 0 Å². The first-order chi connectivity index (χ1) is 8.43. The monoisotopic (exact) mass is 272 g/mol. The summed E-state index contributed by atoms with van der Waals surface area (Å²) < 4.78 is 31.3. The van der Waals surface area contributed by atoms with E-state index in [-0.39, 0.29) is 11.8 Å². The average Bonchev–Trinajstić information content (AvgIpc) is 2.28. The van der Waals surface area contributed by atoms with Crippen molar-refractivity contribution in [3.8, 4) is 0 Å². The summed E-state index contributed by atoms with van der Waals surface area (Å²) in [5.74, 6) is -0.0371. The maximum atomic E-state index is 11.9. The molecular weight excluding hydrogens is 252 g/mol. The highest BCUT2D eigenvalue weighted by atomic mass is 32.2. The third kappa shape index (κ3) is 5.48. The number of ether oxygens (including phenoxy) is 1. The molecular formula is C12H20N2O3S. The van der Waals surface area contributed by atoms with E-state index >= 15 is 0 Å². The number of anilines is 1. The smallest absolute Gasteiger partial charge is 0.216 e. The van der Waals surface area contributed by atoms with E-state index in [9.17, 15) is 8.42 Å². The Morgan fingerprint density at radius 3 is 2.50 bits per heavy atom. The normalized spacial score (nSPS) is 13.4. The van der Waals surface area contributed by atoms with Crippen molar-refractivity contribution < 1.29 is 13.2 Å². The van der Waals surface area contributed by atoms with Crippen molar-refractivity contribution in [2.24, 2.45) is 0 Å². The van der Waals surface area contributed by atoms with Crippen LogP contribution in [0.5, 0.6) is 0 Å². The molecule has 6 heteroatoms. The summed E-state index contributed by atoms with van der Waals surface area (Å²) >= 11 is 0. The molecule has 102 valence electrons. The zero-order chi connectivity index (χ0) is 13.6. The minimum atomic E-state index is -3.32. The predicted octanol–water partition coefficient (Wildman–Crippen LogP) is 1.11. The van der Waals surface area contributed by atoms with Gasteiger partial charge in [-0.2, -0.15) is 0 Å². The molecule has 0 aromatic heterocycles. The van der Waals surface area contributed by atoms with Gasteiger partial charge in [-0.1, -0.05) is 12.1 Å². The van der Waals surface area contributed by atoms with E-state index in [2.05, 4.69) is 4.72 Å². The number of hydrogen-bond donors (Lipinski definition) is 2. The van der Waals surface area contributed by atoms with E-state index in [4.69, 9.17) is 10.5 Å². The van der Waals surface area contributed by atoms with Gasteiger partial charge < -0.3 is 10.5 Å². The number of methoxy groups -OCH3 is 1. The number of benzene rings is 1.